The van der Waals surface area contributed by atoms with E-state index in [0.717, 1.165) is 34.4 Å². The monoisotopic (exact) mass is 496 g/mol. The maximum Gasteiger partial charge on any atom is 0.416 e. The second-order valence-electron chi connectivity index (χ2n) is 8.44. The Hall–Kier alpha value is -4.07. The molecule has 0 aliphatic rings. The van der Waals surface area contributed by atoms with E-state index in [9.17, 15) is 22.4 Å². The molecule has 4 rings (SSSR count). The molecule has 36 heavy (non-hydrogen) atoms. The van der Waals surface area contributed by atoms with Gasteiger partial charge in [0.05, 0.1) is 19.1 Å². The molecule has 0 unspecified atom stereocenters. The van der Waals surface area contributed by atoms with Crippen LogP contribution in [0, 0.1) is 12.7 Å². The van der Waals surface area contributed by atoms with Gasteiger partial charge < -0.3 is 14.6 Å². The first-order valence-corrected chi connectivity index (χ1v) is 11.2. The number of carbonyl (C=O) groups is 1. The highest BCUT2D eigenvalue weighted by Gasteiger charge is 2.30. The van der Waals surface area contributed by atoms with Gasteiger partial charge in [-0.1, -0.05) is 42.5 Å². The molecule has 186 valence electrons. The van der Waals surface area contributed by atoms with Gasteiger partial charge >= 0.3 is 6.18 Å². The molecule has 3 aromatic carbocycles. The third kappa shape index (κ3) is 5.76. The van der Waals surface area contributed by atoms with Gasteiger partial charge in [-0.3, -0.25) is 4.79 Å². The Balaban J connectivity index is 1.68. The molecular weight excluding hydrogens is 472 g/mol. The zero-order valence-corrected chi connectivity index (χ0v) is 19.7. The number of nitrogens with zero attached hydrogens (tertiary/aromatic N) is 1. The predicted molar refractivity (Wildman–Crippen MR) is 130 cm³/mol. The number of aryl methyl sites for hydroxylation is 1. The molecule has 4 nitrogen and oxygen atoms in total. The first kappa shape index (κ1) is 25.0. The number of ether oxygens (including phenoxy) is 1. The predicted octanol–water partition coefficient (Wildman–Crippen LogP) is 6.86. The van der Waals surface area contributed by atoms with E-state index in [1.165, 1.54) is 24.3 Å². The number of aromatic nitrogens is 1. The molecule has 4 aromatic rings. The average molecular weight is 497 g/mol. The van der Waals surface area contributed by atoms with Gasteiger partial charge in [0, 0.05) is 18.3 Å². The number of nitrogens with one attached hydrogen (secondary N) is 1. The smallest absolute Gasteiger partial charge is 0.416 e. The van der Waals surface area contributed by atoms with E-state index in [-0.39, 0.29) is 17.8 Å². The third-order valence-electron chi connectivity index (χ3n) is 5.79. The minimum Gasteiger partial charge on any atom is -0.497 e. The number of hydrogen-bond donors (Lipinski definition) is 1. The summed E-state index contributed by atoms with van der Waals surface area (Å²) in [5.41, 5.74) is 2.76. The number of amides is 1. The molecule has 8 heteroatoms. The summed E-state index contributed by atoms with van der Waals surface area (Å²) in [6.45, 7) is 2.26. The first-order valence-electron chi connectivity index (χ1n) is 11.2. The fraction of sp³-hybridized carbons (Fsp3) is 0.179. The lowest BCUT2D eigenvalue weighted by molar-refractivity contribution is -0.137. The molecule has 0 bridgehead atoms. The van der Waals surface area contributed by atoms with Crippen LogP contribution in [0.15, 0.2) is 79.0 Å². The standard InChI is InChI=1S/C28H24F4N2O2/c1-18-16-34(17-19-6-10-23(29)11-7-19)27(26(18)21-8-12-24(36-2)13-9-21)33-25(35)15-20-4-3-5-22(14-20)28(30,31)32/h3-14,16H,15,17H2,1-2H3,(H,33,35). The van der Waals surface area contributed by atoms with Gasteiger partial charge in [-0.05, 0) is 59.5 Å². The van der Waals surface area contributed by atoms with E-state index in [2.05, 4.69) is 5.32 Å². The number of benzene rings is 3. The van der Waals surface area contributed by atoms with Crippen LogP contribution < -0.4 is 10.1 Å². The Labute approximate surface area is 206 Å². The highest BCUT2D eigenvalue weighted by Crippen LogP contribution is 2.35. The molecule has 0 atom stereocenters. The summed E-state index contributed by atoms with van der Waals surface area (Å²) in [7, 11) is 1.57. The summed E-state index contributed by atoms with van der Waals surface area (Å²) in [6, 6.07) is 18.1. The average Bonchev–Trinajstić information content (AvgIpc) is 3.14. The Morgan fingerprint density at radius 3 is 2.31 bits per heavy atom. The molecule has 0 saturated carbocycles. The summed E-state index contributed by atoms with van der Waals surface area (Å²) in [6.07, 6.45) is -2.84. The lowest BCUT2D eigenvalue weighted by Crippen LogP contribution is -2.18. The summed E-state index contributed by atoms with van der Waals surface area (Å²) < 4.78 is 59.8. The molecule has 1 N–H and O–H groups in total. The number of alkyl halides is 3. The van der Waals surface area contributed by atoms with Gasteiger partial charge in [0.15, 0.2) is 0 Å². The molecular formula is C28H24F4N2O2. The van der Waals surface area contributed by atoms with Crippen molar-refractivity contribution >= 4 is 11.7 Å². The molecule has 1 amide bonds. The Kier molecular flexibility index (Phi) is 7.15. The van der Waals surface area contributed by atoms with Gasteiger partial charge in [0.2, 0.25) is 5.91 Å². The number of hydrogen-bond acceptors (Lipinski definition) is 2. The van der Waals surface area contributed by atoms with Crippen LogP contribution in [0.2, 0.25) is 0 Å². The molecule has 1 heterocycles. The van der Waals surface area contributed by atoms with Crippen molar-refractivity contribution in [3.05, 3.63) is 107 Å². The van der Waals surface area contributed by atoms with Crippen molar-refractivity contribution in [1.29, 1.82) is 0 Å². The Morgan fingerprint density at radius 2 is 1.67 bits per heavy atom. The Bertz CT molecular complexity index is 1360. The molecule has 0 saturated heterocycles. The normalized spacial score (nSPS) is 11.4. The second kappa shape index (κ2) is 10.3. The summed E-state index contributed by atoms with van der Waals surface area (Å²) in [5, 5.41) is 2.90. The van der Waals surface area contributed by atoms with Crippen molar-refractivity contribution in [2.24, 2.45) is 0 Å². The third-order valence-corrected chi connectivity index (χ3v) is 5.79. The van der Waals surface area contributed by atoms with E-state index in [1.54, 1.807) is 31.4 Å². The van der Waals surface area contributed by atoms with Crippen molar-refractivity contribution in [3.63, 3.8) is 0 Å². The van der Waals surface area contributed by atoms with Crippen molar-refractivity contribution < 1.29 is 27.1 Å². The molecule has 0 fully saturated rings. The van der Waals surface area contributed by atoms with Crippen molar-refractivity contribution in [2.75, 3.05) is 12.4 Å². The minimum absolute atomic E-state index is 0.229. The summed E-state index contributed by atoms with van der Waals surface area (Å²) >= 11 is 0. The van der Waals surface area contributed by atoms with E-state index >= 15 is 0 Å². The molecule has 0 radical (unpaired) electrons. The van der Waals surface area contributed by atoms with Gasteiger partial charge in [-0.15, -0.1) is 0 Å². The molecule has 0 spiro atoms. The second-order valence-corrected chi connectivity index (χ2v) is 8.44. The summed E-state index contributed by atoms with van der Waals surface area (Å²) in [4.78, 5) is 13.0. The van der Waals surface area contributed by atoms with Crippen LogP contribution in [0.3, 0.4) is 0 Å². The van der Waals surface area contributed by atoms with Gasteiger partial charge in [-0.25, -0.2) is 4.39 Å². The van der Waals surface area contributed by atoms with E-state index in [0.29, 0.717) is 18.1 Å². The molecule has 0 aliphatic carbocycles. The molecule has 1 aromatic heterocycles. The van der Waals surface area contributed by atoms with Crippen LogP contribution in [0.1, 0.15) is 22.3 Å². The first-order chi connectivity index (χ1) is 17.1. The van der Waals surface area contributed by atoms with Crippen LogP contribution in [0.5, 0.6) is 5.75 Å². The number of methoxy groups -OCH3 is 1. The SMILES string of the molecule is COc1ccc(-c2c(C)cn(Cc3ccc(F)cc3)c2NC(=O)Cc2cccc(C(F)(F)F)c2)cc1. The van der Waals surface area contributed by atoms with Crippen molar-refractivity contribution in [3.8, 4) is 16.9 Å². The Morgan fingerprint density at radius 1 is 0.972 bits per heavy atom. The number of carbonyl (C=O) groups excluding carboxylic acids is 1. The largest absolute Gasteiger partial charge is 0.497 e. The van der Waals surface area contributed by atoms with Gasteiger partial charge in [0.25, 0.3) is 0 Å². The van der Waals surface area contributed by atoms with Crippen LogP contribution in [0.25, 0.3) is 11.1 Å². The van der Waals surface area contributed by atoms with Gasteiger partial charge in [0.1, 0.15) is 17.4 Å². The van der Waals surface area contributed by atoms with Gasteiger partial charge in [-0.2, -0.15) is 13.2 Å². The quantitative estimate of drug-likeness (QED) is 0.284. The van der Waals surface area contributed by atoms with Crippen LogP contribution in [0.4, 0.5) is 23.4 Å². The van der Waals surface area contributed by atoms with Crippen LogP contribution >= 0.6 is 0 Å². The number of halogens is 4. The maximum atomic E-state index is 13.4. The van der Waals surface area contributed by atoms with E-state index in [4.69, 9.17) is 4.74 Å². The topological polar surface area (TPSA) is 43.3 Å². The van der Waals surface area contributed by atoms with E-state index in [1.807, 2.05) is 29.8 Å². The lowest BCUT2D eigenvalue weighted by atomic mass is 10.0. The maximum absolute atomic E-state index is 13.4. The van der Waals surface area contributed by atoms with E-state index < -0.39 is 17.6 Å². The van der Waals surface area contributed by atoms with Crippen LogP contribution in [-0.2, 0) is 23.9 Å². The lowest BCUT2D eigenvalue weighted by Gasteiger charge is -2.15. The molecule has 0 aliphatic heterocycles. The zero-order chi connectivity index (χ0) is 25.9. The summed E-state index contributed by atoms with van der Waals surface area (Å²) in [5.74, 6) is 0.370. The fourth-order valence-corrected chi connectivity index (χ4v) is 4.08. The van der Waals surface area contributed by atoms with Crippen molar-refractivity contribution in [1.82, 2.24) is 4.57 Å². The highest BCUT2D eigenvalue weighted by molar-refractivity contribution is 5.96. The zero-order valence-electron chi connectivity index (χ0n) is 19.7. The van der Waals surface area contributed by atoms with Crippen molar-refractivity contribution in [2.45, 2.75) is 26.1 Å². The number of rotatable bonds is 7. The van der Waals surface area contributed by atoms with Crippen LogP contribution in [-0.4, -0.2) is 17.6 Å². The highest BCUT2D eigenvalue weighted by atomic mass is 19.4. The number of anilines is 1. The fourth-order valence-electron chi connectivity index (χ4n) is 4.08. The minimum atomic E-state index is -4.49.